The van der Waals surface area contributed by atoms with E-state index in [0.717, 1.165) is 6.42 Å². The van der Waals surface area contributed by atoms with Crippen molar-refractivity contribution in [3.63, 3.8) is 0 Å². The average molecular weight is 199 g/mol. The molecule has 0 unspecified atom stereocenters. The Labute approximate surface area is 72.3 Å². The van der Waals surface area contributed by atoms with Gasteiger partial charge in [0.25, 0.3) is 5.91 Å². The third-order valence-corrected chi connectivity index (χ3v) is 2.02. The predicted molar refractivity (Wildman–Crippen MR) is 36.7 cm³/mol. The molecule has 2 nitrogen and oxygen atoms in total. The minimum absolute atomic E-state index is 0.350. The highest BCUT2D eigenvalue weighted by Crippen LogP contribution is 2.25. The lowest BCUT2D eigenvalue weighted by molar-refractivity contribution is -0.170. The van der Waals surface area contributed by atoms with Crippen molar-refractivity contribution in [3.8, 4) is 0 Å². The first-order valence-electron chi connectivity index (χ1n) is 3.91. The van der Waals surface area contributed by atoms with E-state index in [4.69, 9.17) is 0 Å². The summed E-state index contributed by atoms with van der Waals surface area (Å²) < 4.78 is 47.8. The van der Waals surface area contributed by atoms with Crippen LogP contribution in [0.2, 0.25) is 0 Å². The number of carbonyl (C=O) groups is 1. The van der Waals surface area contributed by atoms with Crippen LogP contribution in [0.4, 0.5) is 17.6 Å². The van der Waals surface area contributed by atoms with Crippen LogP contribution in [0.25, 0.3) is 0 Å². The van der Waals surface area contributed by atoms with Crippen LogP contribution in [0.1, 0.15) is 19.3 Å². The number of nitrogens with one attached hydrogen (secondary N) is 1. The van der Waals surface area contributed by atoms with Gasteiger partial charge in [0.05, 0.1) is 0 Å². The molecule has 0 aliphatic heterocycles. The summed E-state index contributed by atoms with van der Waals surface area (Å²) in [5, 5.41) is 1.87. The molecular weight excluding hydrogens is 190 g/mol. The van der Waals surface area contributed by atoms with Crippen molar-refractivity contribution in [2.45, 2.75) is 37.7 Å². The first kappa shape index (κ1) is 10.3. The van der Waals surface area contributed by atoms with Gasteiger partial charge in [-0.05, 0) is 19.3 Å². The second-order valence-corrected chi connectivity index (χ2v) is 3.02. The zero-order valence-electron chi connectivity index (χ0n) is 6.70. The average Bonchev–Trinajstić information content (AvgIpc) is 1.95. The molecule has 1 rings (SSSR count). The summed E-state index contributed by atoms with van der Waals surface area (Å²) in [7, 11) is 0. The van der Waals surface area contributed by atoms with Crippen molar-refractivity contribution in [1.82, 2.24) is 5.32 Å². The van der Waals surface area contributed by atoms with Gasteiger partial charge in [-0.3, -0.25) is 4.79 Å². The van der Waals surface area contributed by atoms with Crippen molar-refractivity contribution >= 4 is 5.91 Å². The van der Waals surface area contributed by atoms with Crippen LogP contribution in [-0.2, 0) is 4.79 Å². The summed E-state index contributed by atoms with van der Waals surface area (Å²) in [6, 6.07) is -0.350. The summed E-state index contributed by atoms with van der Waals surface area (Å²) in [6.45, 7) is 0. The van der Waals surface area contributed by atoms with Crippen LogP contribution >= 0.6 is 0 Å². The first-order valence-corrected chi connectivity index (χ1v) is 3.91. The topological polar surface area (TPSA) is 29.1 Å². The van der Waals surface area contributed by atoms with Crippen LogP contribution in [0.3, 0.4) is 0 Å². The van der Waals surface area contributed by atoms with Gasteiger partial charge in [-0.1, -0.05) is 0 Å². The Morgan fingerprint density at radius 2 is 1.92 bits per heavy atom. The van der Waals surface area contributed by atoms with Crippen molar-refractivity contribution in [3.05, 3.63) is 0 Å². The third kappa shape index (κ3) is 2.10. The molecule has 1 aliphatic carbocycles. The van der Waals surface area contributed by atoms with E-state index in [2.05, 4.69) is 0 Å². The summed E-state index contributed by atoms with van der Waals surface area (Å²) in [4.78, 5) is 10.6. The van der Waals surface area contributed by atoms with Crippen LogP contribution in [-0.4, -0.2) is 24.3 Å². The fraction of sp³-hybridized carbons (Fsp3) is 0.857. The van der Waals surface area contributed by atoms with Crippen LogP contribution in [0.15, 0.2) is 0 Å². The number of alkyl halides is 4. The van der Waals surface area contributed by atoms with Gasteiger partial charge in [0.15, 0.2) is 0 Å². The standard InChI is InChI=1S/C7H9F4NO/c8-5(9)7(10,11)6(13)12-4-2-1-3-4/h4-5H,1-3H2,(H,12,13). The summed E-state index contributed by atoms with van der Waals surface area (Å²) in [5.74, 6) is -6.43. The molecule has 1 N–H and O–H groups in total. The highest BCUT2D eigenvalue weighted by Gasteiger charge is 2.49. The van der Waals surface area contributed by atoms with Crippen molar-refractivity contribution in [1.29, 1.82) is 0 Å². The second kappa shape index (κ2) is 3.51. The molecule has 1 amide bonds. The maximum atomic E-state index is 12.3. The highest BCUT2D eigenvalue weighted by atomic mass is 19.3. The molecule has 0 aromatic rings. The lowest BCUT2D eigenvalue weighted by Crippen LogP contribution is -2.50. The summed E-state index contributed by atoms with van der Waals surface area (Å²) >= 11 is 0. The first-order chi connectivity index (χ1) is 5.94. The quantitative estimate of drug-likeness (QED) is 0.686. The normalized spacial score (nSPS) is 18.5. The van der Waals surface area contributed by atoms with E-state index >= 15 is 0 Å². The van der Waals surface area contributed by atoms with Crippen molar-refractivity contribution in [2.75, 3.05) is 0 Å². The maximum absolute atomic E-state index is 12.3. The molecule has 0 aromatic heterocycles. The fourth-order valence-electron chi connectivity index (χ4n) is 0.933. The molecule has 0 aromatic carbocycles. The van der Waals surface area contributed by atoms with Gasteiger partial charge in [0, 0.05) is 6.04 Å². The number of amides is 1. The van der Waals surface area contributed by atoms with Gasteiger partial charge in [-0.2, -0.15) is 8.78 Å². The largest absolute Gasteiger partial charge is 0.383 e. The zero-order chi connectivity index (χ0) is 10.1. The molecular formula is C7H9F4NO. The Bertz CT molecular complexity index is 203. The second-order valence-electron chi connectivity index (χ2n) is 3.02. The van der Waals surface area contributed by atoms with Gasteiger partial charge in [0.2, 0.25) is 0 Å². The highest BCUT2D eigenvalue weighted by molar-refractivity contribution is 5.84. The smallest absolute Gasteiger partial charge is 0.348 e. The van der Waals surface area contributed by atoms with Gasteiger partial charge < -0.3 is 5.32 Å². The van der Waals surface area contributed by atoms with E-state index in [1.165, 1.54) is 0 Å². The zero-order valence-corrected chi connectivity index (χ0v) is 6.70. The van der Waals surface area contributed by atoms with Gasteiger partial charge in [0.1, 0.15) is 0 Å². The van der Waals surface area contributed by atoms with Crippen LogP contribution < -0.4 is 5.32 Å². The summed E-state index contributed by atoms with van der Waals surface area (Å²) in [6.07, 6.45) is -1.92. The molecule has 6 heteroatoms. The van der Waals surface area contributed by atoms with Crippen molar-refractivity contribution < 1.29 is 22.4 Å². The van der Waals surface area contributed by atoms with E-state index in [-0.39, 0.29) is 6.04 Å². The molecule has 1 fully saturated rings. The lowest BCUT2D eigenvalue weighted by Gasteiger charge is -2.28. The monoisotopic (exact) mass is 199 g/mol. The Morgan fingerprint density at radius 1 is 1.38 bits per heavy atom. The molecule has 0 heterocycles. The van der Waals surface area contributed by atoms with Gasteiger partial charge in [-0.15, -0.1) is 0 Å². The number of hydrogen-bond donors (Lipinski definition) is 1. The van der Waals surface area contributed by atoms with Crippen LogP contribution in [0, 0.1) is 0 Å². The molecule has 13 heavy (non-hydrogen) atoms. The molecule has 0 radical (unpaired) electrons. The molecule has 0 spiro atoms. The Kier molecular flexibility index (Phi) is 2.77. The predicted octanol–water partition coefficient (Wildman–Crippen LogP) is 1.56. The Balaban J connectivity index is 2.45. The number of halogens is 4. The minimum atomic E-state index is -4.56. The lowest BCUT2D eigenvalue weighted by atomic mass is 9.93. The summed E-state index contributed by atoms with van der Waals surface area (Å²) in [5.41, 5.74) is 0. The number of carbonyl (C=O) groups excluding carboxylic acids is 1. The molecule has 76 valence electrons. The van der Waals surface area contributed by atoms with Crippen molar-refractivity contribution in [2.24, 2.45) is 0 Å². The maximum Gasteiger partial charge on any atom is 0.383 e. The van der Waals surface area contributed by atoms with Gasteiger partial charge in [-0.25, -0.2) is 8.78 Å². The number of hydrogen-bond acceptors (Lipinski definition) is 1. The molecule has 0 saturated heterocycles. The molecule has 1 saturated carbocycles. The van der Waals surface area contributed by atoms with E-state index < -0.39 is 18.3 Å². The molecule has 0 atom stereocenters. The molecule has 1 aliphatic rings. The minimum Gasteiger partial charge on any atom is -0.348 e. The number of rotatable bonds is 3. The molecule has 0 bridgehead atoms. The van der Waals surface area contributed by atoms with Crippen LogP contribution in [0.5, 0.6) is 0 Å². The van der Waals surface area contributed by atoms with E-state index in [1.807, 2.05) is 5.32 Å². The Morgan fingerprint density at radius 3 is 2.23 bits per heavy atom. The van der Waals surface area contributed by atoms with E-state index in [0.29, 0.717) is 12.8 Å². The van der Waals surface area contributed by atoms with E-state index in [1.54, 1.807) is 0 Å². The van der Waals surface area contributed by atoms with E-state index in [9.17, 15) is 22.4 Å². The third-order valence-electron chi connectivity index (χ3n) is 2.02. The Hall–Kier alpha value is -0.810. The SMILES string of the molecule is O=C(NC1CCC1)C(F)(F)C(F)F. The fourth-order valence-corrected chi connectivity index (χ4v) is 0.933. The van der Waals surface area contributed by atoms with Gasteiger partial charge >= 0.3 is 12.3 Å².